The molecular formula is C2H11N4O+. The van der Waals surface area contributed by atoms with E-state index in [0.29, 0.717) is 0 Å². The summed E-state index contributed by atoms with van der Waals surface area (Å²) >= 11 is 0. The number of rotatable bonds is 2. The molecule has 0 radical (unpaired) electrons. The van der Waals surface area contributed by atoms with Gasteiger partial charge < -0.3 is 0 Å². The molecule has 0 spiro atoms. The lowest BCUT2D eigenvalue weighted by atomic mass is 11.0. The Kier molecular flexibility index (Phi) is 2.13. The molecule has 44 valence electrons. The zero-order valence-corrected chi connectivity index (χ0v) is 4.29. The van der Waals surface area contributed by atoms with Gasteiger partial charge in [0.05, 0.1) is 0 Å². The van der Waals surface area contributed by atoms with Crippen molar-refractivity contribution >= 4 is 0 Å². The Bertz CT molecular complexity index is 48.1. The van der Waals surface area contributed by atoms with Crippen LogP contribution >= 0.6 is 0 Å². The van der Waals surface area contributed by atoms with Gasteiger partial charge in [0, 0.05) is 0 Å². The van der Waals surface area contributed by atoms with Crippen LogP contribution in [0.15, 0.2) is 0 Å². The first kappa shape index (κ1) is 6.80. The molecule has 0 saturated carbocycles. The monoisotopic (exact) mass is 107 g/mol. The standard InChI is InChI=1S/C2H11N4O/c1-6(3,4)2-7-5/h2-5H2,1H3/q+1. The minimum absolute atomic E-state index is 0.111. The Hall–Kier alpha value is -0.200. The topological polar surface area (TPSA) is 87.3 Å². The molecule has 0 fully saturated rings. The molecule has 0 aromatic rings. The summed E-state index contributed by atoms with van der Waals surface area (Å²) in [6.07, 6.45) is 0. The molecule has 0 aromatic carbocycles. The summed E-state index contributed by atoms with van der Waals surface area (Å²) < 4.78 is -0.253. The molecule has 5 nitrogen and oxygen atoms in total. The quantitative estimate of drug-likeness (QED) is 0.165. The van der Waals surface area contributed by atoms with Crippen LogP contribution in [-0.4, -0.2) is 18.5 Å². The van der Waals surface area contributed by atoms with Crippen LogP contribution in [0.3, 0.4) is 0 Å². The van der Waals surface area contributed by atoms with Crippen LogP contribution in [-0.2, 0) is 4.84 Å². The third-order valence-corrected chi connectivity index (χ3v) is 0.353. The Morgan fingerprint density at radius 2 is 2.00 bits per heavy atom. The zero-order chi connectivity index (χ0) is 5.91. The summed E-state index contributed by atoms with van der Waals surface area (Å²) in [5, 5.41) is 0. The van der Waals surface area contributed by atoms with Crippen LogP contribution in [0.4, 0.5) is 0 Å². The minimum Gasteiger partial charge on any atom is -0.246 e. The first-order chi connectivity index (χ1) is 3.06. The average Bonchev–Trinajstić information content (AvgIpc) is 1.30. The average molecular weight is 107 g/mol. The van der Waals surface area contributed by atoms with E-state index in [1.54, 1.807) is 7.05 Å². The third kappa shape index (κ3) is 5.80. The van der Waals surface area contributed by atoms with Crippen LogP contribution in [0, 0.1) is 0 Å². The van der Waals surface area contributed by atoms with Gasteiger partial charge in [-0.3, -0.25) is 0 Å². The van der Waals surface area contributed by atoms with Gasteiger partial charge in [-0.25, -0.2) is 10.7 Å². The van der Waals surface area contributed by atoms with Gasteiger partial charge in [-0.1, -0.05) is 0 Å². The molecule has 0 aliphatic heterocycles. The smallest absolute Gasteiger partial charge is 0.235 e. The number of quaternary nitrogens is 1. The summed E-state index contributed by atoms with van der Waals surface area (Å²) in [4.78, 5) is 4.13. The molecule has 0 aliphatic carbocycles. The molecule has 0 unspecified atom stereocenters. The van der Waals surface area contributed by atoms with E-state index in [4.69, 9.17) is 11.7 Å². The lowest BCUT2D eigenvalue weighted by Gasteiger charge is -2.17. The molecule has 0 aliphatic rings. The molecule has 0 aromatic heterocycles. The highest BCUT2D eigenvalue weighted by Gasteiger charge is 2.05. The van der Waals surface area contributed by atoms with Gasteiger partial charge in [-0.15, -0.1) is 0 Å². The predicted octanol–water partition coefficient (Wildman–Crippen LogP) is -1.97. The van der Waals surface area contributed by atoms with Crippen molar-refractivity contribution in [2.75, 3.05) is 13.8 Å². The zero-order valence-electron chi connectivity index (χ0n) is 4.29. The summed E-state index contributed by atoms with van der Waals surface area (Å²) in [5.41, 5.74) is 0. The predicted molar refractivity (Wildman–Crippen MR) is 24.7 cm³/mol. The van der Waals surface area contributed by atoms with E-state index in [1.807, 2.05) is 0 Å². The van der Waals surface area contributed by atoms with E-state index < -0.39 is 0 Å². The summed E-state index contributed by atoms with van der Waals surface area (Å²) in [7, 11) is 1.56. The highest BCUT2D eigenvalue weighted by molar-refractivity contribution is 3.88. The van der Waals surface area contributed by atoms with Gasteiger partial charge in [0.2, 0.25) is 6.73 Å². The van der Waals surface area contributed by atoms with Crippen molar-refractivity contribution in [3.05, 3.63) is 0 Å². The molecule has 5 heteroatoms. The number of nitrogens with zero attached hydrogens (tertiary/aromatic N) is 1. The van der Waals surface area contributed by atoms with Crippen LogP contribution in [0.25, 0.3) is 0 Å². The van der Waals surface area contributed by atoms with E-state index in [9.17, 15) is 0 Å². The second kappa shape index (κ2) is 2.20. The second-order valence-corrected chi connectivity index (χ2v) is 1.64. The van der Waals surface area contributed by atoms with Crippen molar-refractivity contribution in [2.45, 2.75) is 0 Å². The Morgan fingerprint density at radius 3 is 2.00 bits per heavy atom. The Balaban J connectivity index is 3.15. The van der Waals surface area contributed by atoms with Gasteiger partial charge in [-0.05, 0) is 0 Å². The second-order valence-electron chi connectivity index (χ2n) is 1.64. The molecule has 0 amide bonds. The van der Waals surface area contributed by atoms with Crippen molar-refractivity contribution in [1.82, 2.24) is 0 Å². The van der Waals surface area contributed by atoms with Gasteiger partial charge in [0.25, 0.3) is 0 Å². The fourth-order valence-corrected chi connectivity index (χ4v) is 0.161. The maximum absolute atomic E-state index is 5.16. The van der Waals surface area contributed by atoms with Crippen LogP contribution in [0.1, 0.15) is 0 Å². The van der Waals surface area contributed by atoms with Crippen molar-refractivity contribution in [3.63, 3.8) is 0 Å². The number of hydrogen-bond acceptors (Lipinski definition) is 4. The molecule has 6 N–H and O–H groups in total. The lowest BCUT2D eigenvalue weighted by molar-refractivity contribution is -0.951. The minimum atomic E-state index is -0.253. The maximum atomic E-state index is 5.16. The first-order valence-corrected chi connectivity index (χ1v) is 1.80. The molecule has 0 atom stereocenters. The number of hydrogen-bond donors (Lipinski definition) is 3. The number of nitrogens with two attached hydrogens (primary N) is 3. The summed E-state index contributed by atoms with van der Waals surface area (Å²) in [5.74, 6) is 15.0. The highest BCUT2D eigenvalue weighted by Crippen LogP contribution is 1.73. The van der Waals surface area contributed by atoms with Gasteiger partial charge in [0.15, 0.2) is 0 Å². The van der Waals surface area contributed by atoms with Gasteiger partial charge >= 0.3 is 0 Å². The van der Waals surface area contributed by atoms with E-state index in [-0.39, 0.29) is 11.4 Å². The lowest BCUT2D eigenvalue weighted by Crippen LogP contribution is -2.58. The largest absolute Gasteiger partial charge is 0.246 e. The molecule has 0 heterocycles. The first-order valence-electron chi connectivity index (χ1n) is 1.80. The van der Waals surface area contributed by atoms with E-state index in [2.05, 4.69) is 10.7 Å². The van der Waals surface area contributed by atoms with E-state index >= 15 is 0 Å². The Labute approximate surface area is 42.1 Å². The maximum Gasteiger partial charge on any atom is 0.235 e. The van der Waals surface area contributed by atoms with Crippen molar-refractivity contribution in [2.24, 2.45) is 17.6 Å². The molecular weight excluding hydrogens is 96.0 g/mol. The molecule has 0 saturated heterocycles. The van der Waals surface area contributed by atoms with Crippen LogP contribution in [0.2, 0.25) is 0 Å². The fraction of sp³-hybridized carbons (Fsp3) is 1.00. The van der Waals surface area contributed by atoms with Gasteiger partial charge in [-0.2, -0.15) is 16.4 Å². The van der Waals surface area contributed by atoms with Crippen molar-refractivity contribution in [1.29, 1.82) is 0 Å². The van der Waals surface area contributed by atoms with E-state index in [1.165, 1.54) is 0 Å². The SMILES string of the molecule is C[N+](N)(N)CON. The molecule has 7 heavy (non-hydrogen) atoms. The van der Waals surface area contributed by atoms with E-state index in [0.717, 1.165) is 0 Å². The summed E-state index contributed by atoms with van der Waals surface area (Å²) in [6.45, 7) is 0.111. The molecule has 0 rings (SSSR count). The van der Waals surface area contributed by atoms with Crippen molar-refractivity contribution < 1.29 is 9.54 Å². The van der Waals surface area contributed by atoms with Crippen LogP contribution in [0.5, 0.6) is 0 Å². The third-order valence-electron chi connectivity index (χ3n) is 0.353. The van der Waals surface area contributed by atoms with Crippen molar-refractivity contribution in [3.8, 4) is 0 Å². The fourth-order valence-electron chi connectivity index (χ4n) is 0.161. The highest BCUT2D eigenvalue weighted by atomic mass is 16.6. The Morgan fingerprint density at radius 1 is 1.57 bits per heavy atom. The van der Waals surface area contributed by atoms with Gasteiger partial charge in [0.1, 0.15) is 7.05 Å². The molecule has 0 bridgehead atoms. The normalized spacial score (nSPS) is 12.0. The van der Waals surface area contributed by atoms with Crippen LogP contribution < -0.4 is 17.6 Å². The summed E-state index contributed by atoms with van der Waals surface area (Å²) in [6, 6.07) is 0.